The third-order valence-electron chi connectivity index (χ3n) is 7.02. The molecule has 1 aromatic rings. The third kappa shape index (κ3) is 12.5. The summed E-state index contributed by atoms with van der Waals surface area (Å²) < 4.78 is 43.6. The van der Waals surface area contributed by atoms with Crippen LogP contribution in [0.1, 0.15) is 30.4 Å². The van der Waals surface area contributed by atoms with E-state index < -0.39 is 48.2 Å². The molecule has 2 heterocycles. The van der Waals surface area contributed by atoms with Crippen molar-refractivity contribution in [3.05, 3.63) is 35.4 Å². The Labute approximate surface area is 266 Å². The number of benzene rings is 1. The van der Waals surface area contributed by atoms with Gasteiger partial charge in [0, 0.05) is 20.2 Å². The molecule has 2 fully saturated rings. The number of hydrogen-bond donors (Lipinski definition) is 3. The lowest BCUT2D eigenvalue weighted by molar-refractivity contribution is -0.181. The molecule has 16 nitrogen and oxygen atoms in total. The highest BCUT2D eigenvalue weighted by atomic mass is 16.7. The highest BCUT2D eigenvalue weighted by Crippen LogP contribution is 2.17. The van der Waals surface area contributed by atoms with Gasteiger partial charge in [0.15, 0.2) is 30.7 Å². The lowest BCUT2D eigenvalue weighted by atomic mass is 10.1. The average Bonchev–Trinajstić information content (AvgIpc) is 3.03. The van der Waals surface area contributed by atoms with Crippen LogP contribution in [0.2, 0.25) is 0 Å². The van der Waals surface area contributed by atoms with Crippen molar-refractivity contribution in [3.63, 3.8) is 0 Å². The number of likely N-dealkylation sites (N-methyl/N-ethyl adjacent to an activating group) is 1. The van der Waals surface area contributed by atoms with Crippen molar-refractivity contribution in [1.29, 1.82) is 0 Å². The van der Waals surface area contributed by atoms with Crippen molar-refractivity contribution in [3.8, 4) is 0 Å². The Morgan fingerprint density at radius 2 is 1.11 bits per heavy atom. The molecule has 5 atom stereocenters. The monoisotopic (exact) mass is 657 g/mol. The summed E-state index contributed by atoms with van der Waals surface area (Å²) in [5.41, 5.74) is 1.74. The first-order chi connectivity index (χ1) is 22.2. The first-order valence-electron chi connectivity index (χ1n) is 15.0. The Kier molecular flexibility index (Phi) is 16.3. The van der Waals surface area contributed by atoms with Gasteiger partial charge in [-0.3, -0.25) is 4.79 Å². The molecule has 0 saturated carbocycles. The predicted octanol–water partition coefficient (Wildman–Crippen LogP) is 0.530. The number of carboxylic acids is 3. The molecule has 0 radical (unpaired) electrons. The SMILES string of the molecule is CN(Cc1ccc(COC2CCCCO2)cc1)C(=O)[C@@H]1OCCOCCO[C@@H](C(=O)O)[C@H](C(=O)O)OCCOCCO[C@H]1C(=O)O. The van der Waals surface area contributed by atoms with Gasteiger partial charge >= 0.3 is 17.9 Å². The van der Waals surface area contributed by atoms with Gasteiger partial charge in [0.2, 0.25) is 0 Å². The Balaban J connectivity index is 1.60. The lowest BCUT2D eigenvalue weighted by Gasteiger charge is -2.28. The van der Waals surface area contributed by atoms with Crippen molar-refractivity contribution in [2.24, 2.45) is 0 Å². The minimum Gasteiger partial charge on any atom is -0.479 e. The van der Waals surface area contributed by atoms with E-state index in [1.54, 1.807) is 0 Å². The number of aliphatic carboxylic acids is 3. The second kappa shape index (κ2) is 20.1. The quantitative estimate of drug-likeness (QED) is 0.331. The zero-order chi connectivity index (χ0) is 33.3. The van der Waals surface area contributed by atoms with E-state index in [4.69, 9.17) is 37.9 Å². The standard InChI is InChI=1S/C30H43NO15/c1-31(18-20-5-7-21(8-6-20)19-46-22-4-2-3-9-41-22)27(32)23-24(28(33)34)43-15-11-40-13-17-45-26(30(37)38)25(29(35)36)44-16-12-39-10-14-42-23/h5-8,22-26H,2-4,9-19H2,1H3,(H,33,34)(H,35,36)(H,37,38)/t22?,23-,24-,25-,26-/m1/s1. The smallest absolute Gasteiger partial charge is 0.336 e. The topological polar surface area (TPSA) is 206 Å². The van der Waals surface area contributed by atoms with Gasteiger partial charge in [0.05, 0.1) is 59.5 Å². The first kappa shape index (κ1) is 37.2. The van der Waals surface area contributed by atoms with Crippen LogP contribution in [0.15, 0.2) is 24.3 Å². The van der Waals surface area contributed by atoms with E-state index in [9.17, 15) is 34.5 Å². The maximum absolute atomic E-state index is 13.5. The van der Waals surface area contributed by atoms with Gasteiger partial charge in [-0.25, -0.2) is 14.4 Å². The molecule has 0 bridgehead atoms. The van der Waals surface area contributed by atoms with Crippen LogP contribution in [-0.4, -0.2) is 141 Å². The summed E-state index contributed by atoms with van der Waals surface area (Å²) in [6.45, 7) is -0.329. The highest BCUT2D eigenvalue weighted by molar-refractivity contribution is 5.88. The van der Waals surface area contributed by atoms with E-state index in [1.165, 1.54) is 11.9 Å². The van der Waals surface area contributed by atoms with Gasteiger partial charge in [-0.15, -0.1) is 0 Å². The van der Waals surface area contributed by atoms with E-state index in [-0.39, 0.29) is 65.7 Å². The Morgan fingerprint density at radius 3 is 1.57 bits per heavy atom. The Bertz CT molecular complexity index is 1090. The van der Waals surface area contributed by atoms with Gasteiger partial charge < -0.3 is 58.1 Å². The van der Waals surface area contributed by atoms with E-state index in [1.807, 2.05) is 24.3 Å². The molecule has 0 aromatic heterocycles. The fraction of sp³-hybridized carbons (Fsp3) is 0.667. The van der Waals surface area contributed by atoms with Crippen LogP contribution in [0.4, 0.5) is 0 Å². The fourth-order valence-corrected chi connectivity index (χ4v) is 4.63. The number of nitrogens with zero attached hydrogens (tertiary/aromatic N) is 1. The number of carbonyl (C=O) groups is 4. The number of hydrogen-bond acceptors (Lipinski definition) is 12. The molecule has 1 aromatic carbocycles. The molecule has 3 N–H and O–H groups in total. The predicted molar refractivity (Wildman–Crippen MR) is 155 cm³/mol. The normalized spacial score (nSPS) is 26.2. The lowest BCUT2D eigenvalue weighted by Crippen LogP contribution is -2.49. The molecule has 3 rings (SSSR count). The van der Waals surface area contributed by atoms with Crippen LogP contribution in [0.5, 0.6) is 0 Å². The van der Waals surface area contributed by atoms with E-state index in [0.29, 0.717) is 13.2 Å². The summed E-state index contributed by atoms with van der Waals surface area (Å²) in [6.07, 6.45) is -4.04. The van der Waals surface area contributed by atoms with Gasteiger partial charge in [-0.1, -0.05) is 24.3 Å². The minimum atomic E-state index is -1.80. The molecular formula is C30H43NO15. The highest BCUT2D eigenvalue weighted by Gasteiger charge is 2.38. The van der Waals surface area contributed by atoms with Crippen LogP contribution in [0, 0.1) is 0 Å². The molecule has 1 unspecified atom stereocenters. The largest absolute Gasteiger partial charge is 0.479 e. The van der Waals surface area contributed by atoms with Crippen molar-refractivity contribution in [2.75, 3.05) is 66.5 Å². The Morgan fingerprint density at radius 1 is 0.652 bits per heavy atom. The summed E-state index contributed by atoms with van der Waals surface area (Å²) in [6, 6.07) is 7.48. The van der Waals surface area contributed by atoms with Crippen molar-refractivity contribution in [1.82, 2.24) is 4.90 Å². The van der Waals surface area contributed by atoms with Crippen molar-refractivity contribution >= 4 is 23.8 Å². The van der Waals surface area contributed by atoms with E-state index in [0.717, 1.165) is 30.4 Å². The first-order valence-corrected chi connectivity index (χ1v) is 15.0. The van der Waals surface area contributed by atoms with Crippen LogP contribution in [0.25, 0.3) is 0 Å². The molecule has 2 saturated heterocycles. The van der Waals surface area contributed by atoms with Gasteiger partial charge in [0.1, 0.15) is 0 Å². The molecule has 16 heteroatoms. The summed E-state index contributed by atoms with van der Waals surface area (Å²) in [4.78, 5) is 50.1. The van der Waals surface area contributed by atoms with Gasteiger partial charge in [0.25, 0.3) is 5.91 Å². The molecule has 1 amide bonds. The summed E-state index contributed by atoms with van der Waals surface area (Å²) in [5.74, 6) is -5.12. The van der Waals surface area contributed by atoms with Crippen LogP contribution in [0.3, 0.4) is 0 Å². The summed E-state index contributed by atoms with van der Waals surface area (Å²) in [7, 11) is 1.52. The zero-order valence-electron chi connectivity index (χ0n) is 25.8. The number of carboxylic acid groups (broad SMARTS) is 3. The molecule has 2 aliphatic rings. The third-order valence-corrected chi connectivity index (χ3v) is 7.02. The molecular weight excluding hydrogens is 614 g/mol. The molecule has 0 aliphatic carbocycles. The number of amides is 1. The number of rotatable bonds is 9. The van der Waals surface area contributed by atoms with Crippen LogP contribution < -0.4 is 0 Å². The fourth-order valence-electron chi connectivity index (χ4n) is 4.63. The van der Waals surface area contributed by atoms with Crippen LogP contribution >= 0.6 is 0 Å². The maximum atomic E-state index is 13.5. The van der Waals surface area contributed by atoms with Crippen LogP contribution in [-0.2, 0) is 70.2 Å². The van der Waals surface area contributed by atoms with Gasteiger partial charge in [-0.2, -0.15) is 0 Å². The summed E-state index contributed by atoms with van der Waals surface area (Å²) in [5, 5.41) is 28.7. The summed E-state index contributed by atoms with van der Waals surface area (Å²) >= 11 is 0. The zero-order valence-corrected chi connectivity index (χ0v) is 25.8. The molecule has 0 spiro atoms. The maximum Gasteiger partial charge on any atom is 0.336 e. The number of ether oxygens (including phenoxy) is 8. The number of carbonyl (C=O) groups excluding carboxylic acids is 1. The second-order valence-corrected chi connectivity index (χ2v) is 10.5. The van der Waals surface area contributed by atoms with Gasteiger partial charge in [-0.05, 0) is 30.4 Å². The minimum absolute atomic E-state index is 0.113. The van der Waals surface area contributed by atoms with Crippen molar-refractivity contribution < 1.29 is 72.4 Å². The Hall–Kier alpha value is -3.22. The second-order valence-electron chi connectivity index (χ2n) is 10.5. The molecule has 2 aliphatic heterocycles. The average molecular weight is 658 g/mol. The van der Waals surface area contributed by atoms with Crippen molar-refractivity contribution in [2.45, 2.75) is 63.1 Å². The molecule has 258 valence electrons. The molecule has 46 heavy (non-hydrogen) atoms. The van der Waals surface area contributed by atoms with E-state index >= 15 is 0 Å². The van der Waals surface area contributed by atoms with E-state index in [2.05, 4.69) is 0 Å².